The number of benzene rings is 1. The standard InChI is InChI=1S/C27H44N4O/c1-21(2)11-15-30-16-17-31(23(4)20-30)14-9-7-6-8-12-28-26-19-24(32-5)18-25-22(3)10-13-29-27(25)26/h10,13,18-19,21,23,28H,6-9,11-12,14-17,20H2,1-5H3. The molecule has 2 heterocycles. The number of aryl methyl sites for hydroxylation is 1. The molecule has 0 spiro atoms. The highest BCUT2D eigenvalue weighted by molar-refractivity contribution is 5.93. The number of aromatic nitrogens is 1. The summed E-state index contributed by atoms with van der Waals surface area (Å²) in [5.74, 6) is 1.69. The van der Waals surface area contributed by atoms with Gasteiger partial charge >= 0.3 is 0 Å². The second-order valence-corrected chi connectivity index (χ2v) is 9.91. The van der Waals surface area contributed by atoms with E-state index in [2.05, 4.69) is 66.0 Å². The Bertz CT molecular complexity index is 838. The van der Waals surface area contributed by atoms with Gasteiger partial charge in [0.15, 0.2) is 0 Å². The number of piperazine rings is 1. The number of methoxy groups -OCH3 is 1. The Morgan fingerprint density at radius 1 is 1.12 bits per heavy atom. The van der Waals surface area contributed by atoms with Crippen LogP contribution < -0.4 is 10.1 Å². The highest BCUT2D eigenvalue weighted by Crippen LogP contribution is 2.29. The molecule has 178 valence electrons. The van der Waals surface area contributed by atoms with Gasteiger partial charge in [0.2, 0.25) is 0 Å². The molecular weight excluding hydrogens is 396 g/mol. The van der Waals surface area contributed by atoms with E-state index in [1.165, 1.54) is 70.4 Å². The Morgan fingerprint density at radius 3 is 2.69 bits per heavy atom. The van der Waals surface area contributed by atoms with Gasteiger partial charge in [-0.3, -0.25) is 9.88 Å². The molecule has 1 fully saturated rings. The van der Waals surface area contributed by atoms with E-state index >= 15 is 0 Å². The Balaban J connectivity index is 1.34. The van der Waals surface area contributed by atoms with Crippen LogP contribution in [0.15, 0.2) is 24.4 Å². The second-order valence-electron chi connectivity index (χ2n) is 9.91. The maximum atomic E-state index is 5.50. The summed E-state index contributed by atoms with van der Waals surface area (Å²) in [6, 6.07) is 6.89. The third kappa shape index (κ3) is 7.08. The van der Waals surface area contributed by atoms with Crippen molar-refractivity contribution in [1.29, 1.82) is 0 Å². The molecule has 1 aliphatic rings. The van der Waals surface area contributed by atoms with Gasteiger partial charge in [-0.1, -0.05) is 26.7 Å². The second kappa shape index (κ2) is 12.4. The number of fused-ring (bicyclic) bond motifs is 1. The van der Waals surface area contributed by atoms with Gasteiger partial charge in [-0.05, 0) is 69.8 Å². The molecule has 0 bridgehead atoms. The van der Waals surface area contributed by atoms with Crippen LogP contribution in [0.25, 0.3) is 10.9 Å². The number of unbranched alkanes of at least 4 members (excludes halogenated alkanes) is 3. The summed E-state index contributed by atoms with van der Waals surface area (Å²) >= 11 is 0. The van der Waals surface area contributed by atoms with Crippen LogP contribution in [0.1, 0.15) is 58.4 Å². The maximum Gasteiger partial charge on any atom is 0.121 e. The van der Waals surface area contributed by atoms with Gasteiger partial charge in [-0.15, -0.1) is 0 Å². The summed E-state index contributed by atoms with van der Waals surface area (Å²) in [5.41, 5.74) is 3.34. The molecule has 1 aromatic heterocycles. The van der Waals surface area contributed by atoms with Crippen LogP contribution >= 0.6 is 0 Å². The molecule has 0 aliphatic carbocycles. The number of hydrogen-bond acceptors (Lipinski definition) is 5. The largest absolute Gasteiger partial charge is 0.497 e. The van der Waals surface area contributed by atoms with Gasteiger partial charge in [0.1, 0.15) is 5.75 Å². The smallest absolute Gasteiger partial charge is 0.121 e. The first-order valence-corrected chi connectivity index (χ1v) is 12.6. The van der Waals surface area contributed by atoms with E-state index < -0.39 is 0 Å². The number of nitrogens with zero attached hydrogens (tertiary/aromatic N) is 3. The van der Waals surface area contributed by atoms with Gasteiger partial charge in [0.05, 0.1) is 18.3 Å². The van der Waals surface area contributed by atoms with Gasteiger partial charge in [0.25, 0.3) is 0 Å². The van der Waals surface area contributed by atoms with E-state index in [-0.39, 0.29) is 0 Å². The lowest BCUT2D eigenvalue weighted by Gasteiger charge is -2.40. The van der Waals surface area contributed by atoms with E-state index in [0.29, 0.717) is 6.04 Å². The van der Waals surface area contributed by atoms with Crippen molar-refractivity contribution >= 4 is 16.6 Å². The molecule has 32 heavy (non-hydrogen) atoms. The van der Waals surface area contributed by atoms with E-state index in [1.807, 2.05) is 6.20 Å². The Morgan fingerprint density at radius 2 is 1.94 bits per heavy atom. The fraction of sp³-hybridized carbons (Fsp3) is 0.667. The van der Waals surface area contributed by atoms with Crippen molar-refractivity contribution in [3.8, 4) is 5.75 Å². The quantitative estimate of drug-likeness (QED) is 0.437. The summed E-state index contributed by atoms with van der Waals surface area (Å²) in [4.78, 5) is 9.96. The number of rotatable bonds is 12. The predicted molar refractivity (Wildman–Crippen MR) is 137 cm³/mol. The third-order valence-corrected chi connectivity index (χ3v) is 6.83. The molecule has 1 aliphatic heterocycles. The lowest BCUT2D eigenvalue weighted by Crippen LogP contribution is -2.52. The van der Waals surface area contributed by atoms with E-state index in [4.69, 9.17) is 4.74 Å². The van der Waals surface area contributed by atoms with Gasteiger partial charge in [-0.2, -0.15) is 0 Å². The first-order chi connectivity index (χ1) is 15.5. The topological polar surface area (TPSA) is 40.6 Å². The molecule has 3 rings (SSSR count). The Labute approximate surface area is 195 Å². The third-order valence-electron chi connectivity index (χ3n) is 6.83. The lowest BCUT2D eigenvalue weighted by molar-refractivity contribution is 0.0792. The zero-order valence-corrected chi connectivity index (χ0v) is 21.0. The molecular formula is C27H44N4O. The maximum absolute atomic E-state index is 5.50. The highest BCUT2D eigenvalue weighted by Gasteiger charge is 2.22. The minimum atomic E-state index is 0.690. The van der Waals surface area contributed by atoms with Gasteiger partial charge in [-0.25, -0.2) is 0 Å². The summed E-state index contributed by atoms with van der Waals surface area (Å²) in [7, 11) is 1.73. The van der Waals surface area contributed by atoms with E-state index in [0.717, 1.165) is 34.8 Å². The van der Waals surface area contributed by atoms with Crippen LogP contribution in [-0.2, 0) is 0 Å². The molecule has 1 N–H and O–H groups in total. The average Bonchev–Trinajstić information content (AvgIpc) is 2.78. The molecule has 1 saturated heterocycles. The Hall–Kier alpha value is -1.85. The summed E-state index contributed by atoms with van der Waals surface area (Å²) in [5, 5.41) is 4.76. The monoisotopic (exact) mass is 440 g/mol. The van der Waals surface area contributed by atoms with E-state index in [1.54, 1.807) is 7.11 Å². The molecule has 0 amide bonds. The molecule has 1 unspecified atom stereocenters. The lowest BCUT2D eigenvalue weighted by atomic mass is 10.1. The van der Waals surface area contributed by atoms with Crippen molar-refractivity contribution in [2.75, 3.05) is 51.7 Å². The fourth-order valence-electron chi connectivity index (χ4n) is 4.68. The van der Waals surface area contributed by atoms with Crippen molar-refractivity contribution in [3.63, 3.8) is 0 Å². The van der Waals surface area contributed by atoms with Crippen LogP contribution in [0.2, 0.25) is 0 Å². The van der Waals surface area contributed by atoms with Crippen LogP contribution in [-0.4, -0.2) is 67.2 Å². The molecule has 5 nitrogen and oxygen atoms in total. The predicted octanol–water partition coefficient (Wildman–Crippen LogP) is 5.58. The van der Waals surface area contributed by atoms with Crippen molar-refractivity contribution in [1.82, 2.24) is 14.8 Å². The van der Waals surface area contributed by atoms with E-state index in [9.17, 15) is 0 Å². The molecule has 1 aromatic carbocycles. The summed E-state index contributed by atoms with van der Waals surface area (Å²) in [6.45, 7) is 16.4. The summed E-state index contributed by atoms with van der Waals surface area (Å²) < 4.78 is 5.50. The number of ether oxygens (including phenoxy) is 1. The minimum absolute atomic E-state index is 0.690. The van der Waals surface area contributed by atoms with Crippen LogP contribution in [0.4, 0.5) is 5.69 Å². The fourth-order valence-corrected chi connectivity index (χ4v) is 4.68. The first-order valence-electron chi connectivity index (χ1n) is 12.6. The van der Waals surface area contributed by atoms with Gasteiger partial charge in [0, 0.05) is 49.9 Å². The zero-order valence-electron chi connectivity index (χ0n) is 21.0. The van der Waals surface area contributed by atoms with Crippen LogP contribution in [0.3, 0.4) is 0 Å². The van der Waals surface area contributed by atoms with Crippen LogP contribution in [0.5, 0.6) is 5.75 Å². The Kier molecular flexibility index (Phi) is 9.61. The molecule has 1 atom stereocenters. The van der Waals surface area contributed by atoms with Crippen molar-refractivity contribution in [3.05, 3.63) is 30.0 Å². The molecule has 0 saturated carbocycles. The van der Waals surface area contributed by atoms with Crippen LogP contribution in [0, 0.1) is 12.8 Å². The SMILES string of the molecule is COc1cc(NCCCCCCN2CCN(CCC(C)C)CC2C)c2nccc(C)c2c1. The van der Waals surface area contributed by atoms with Gasteiger partial charge < -0.3 is 15.0 Å². The highest BCUT2D eigenvalue weighted by atomic mass is 16.5. The number of pyridine rings is 1. The number of anilines is 1. The average molecular weight is 441 g/mol. The molecule has 5 heteroatoms. The van der Waals surface area contributed by atoms with Crippen molar-refractivity contribution in [2.45, 2.75) is 65.8 Å². The molecule has 0 radical (unpaired) electrons. The zero-order chi connectivity index (χ0) is 22.9. The summed E-state index contributed by atoms with van der Waals surface area (Å²) in [6.07, 6.45) is 8.27. The first kappa shape index (κ1) is 24.8. The normalized spacial score (nSPS) is 17.9. The number of hydrogen-bond donors (Lipinski definition) is 1. The van der Waals surface area contributed by atoms with Crippen molar-refractivity contribution in [2.24, 2.45) is 5.92 Å². The minimum Gasteiger partial charge on any atom is -0.497 e. The molecule has 2 aromatic rings. The number of nitrogens with one attached hydrogen (secondary N) is 1. The van der Waals surface area contributed by atoms with Crippen molar-refractivity contribution < 1.29 is 4.74 Å².